The van der Waals surface area contributed by atoms with Crippen LogP contribution in [-0.4, -0.2) is 33.2 Å². The normalized spacial score (nSPS) is 10.5. The first-order valence-electron chi connectivity index (χ1n) is 9.10. The average Bonchev–Trinajstić information content (AvgIpc) is 3.05. The van der Waals surface area contributed by atoms with Crippen LogP contribution in [-0.2, 0) is 9.53 Å². The van der Waals surface area contributed by atoms with Crippen molar-refractivity contribution in [3.05, 3.63) is 81.2 Å². The van der Waals surface area contributed by atoms with Crippen LogP contribution < -0.4 is 5.32 Å². The summed E-state index contributed by atoms with van der Waals surface area (Å²) in [5.41, 5.74) is 3.42. The Kier molecular flexibility index (Phi) is 5.91. The molecule has 1 heterocycles. The Hall–Kier alpha value is -4.01. The van der Waals surface area contributed by atoms with Crippen molar-refractivity contribution in [2.24, 2.45) is 0 Å². The molecule has 3 rings (SSSR count). The SMILES string of the molecule is Cc1ccc(NC(=O)COC(=O)c2ccc(-n3nc(C)cc3C)cc2)c([N+](=O)[O-])c1. The molecule has 1 N–H and O–H groups in total. The molecule has 0 unspecified atom stereocenters. The van der Waals surface area contributed by atoms with E-state index in [9.17, 15) is 19.7 Å². The second-order valence-electron chi connectivity index (χ2n) is 6.79. The molecule has 0 spiro atoms. The van der Waals surface area contributed by atoms with Crippen molar-refractivity contribution < 1.29 is 19.2 Å². The molecule has 0 saturated heterocycles. The van der Waals surface area contributed by atoms with Gasteiger partial charge in [-0.15, -0.1) is 0 Å². The first kappa shape index (κ1) is 20.7. The predicted octanol–water partition coefficient (Wildman–Crippen LogP) is 3.50. The molecule has 0 bridgehead atoms. The predicted molar refractivity (Wildman–Crippen MR) is 110 cm³/mol. The number of nitro benzene ring substituents is 1. The Labute approximate surface area is 172 Å². The summed E-state index contributed by atoms with van der Waals surface area (Å²) in [5, 5.41) is 17.9. The summed E-state index contributed by atoms with van der Waals surface area (Å²) in [6, 6.07) is 13.0. The fourth-order valence-electron chi connectivity index (χ4n) is 2.93. The summed E-state index contributed by atoms with van der Waals surface area (Å²) in [6.45, 7) is 4.97. The summed E-state index contributed by atoms with van der Waals surface area (Å²) in [5.74, 6) is -1.35. The molecule has 0 atom stereocenters. The van der Waals surface area contributed by atoms with E-state index >= 15 is 0 Å². The van der Waals surface area contributed by atoms with Gasteiger partial charge in [0.25, 0.3) is 11.6 Å². The number of benzene rings is 2. The number of hydrogen-bond acceptors (Lipinski definition) is 6. The lowest BCUT2D eigenvalue weighted by molar-refractivity contribution is -0.384. The molecule has 2 aromatic carbocycles. The Bertz CT molecular complexity index is 1120. The van der Waals surface area contributed by atoms with Crippen LogP contribution in [0.1, 0.15) is 27.3 Å². The fraction of sp³-hybridized carbons (Fsp3) is 0.190. The smallest absolute Gasteiger partial charge is 0.338 e. The number of amides is 1. The van der Waals surface area contributed by atoms with Crippen molar-refractivity contribution in [3.63, 3.8) is 0 Å². The highest BCUT2D eigenvalue weighted by Gasteiger charge is 2.17. The lowest BCUT2D eigenvalue weighted by Crippen LogP contribution is -2.21. The van der Waals surface area contributed by atoms with E-state index in [4.69, 9.17) is 4.74 Å². The molecule has 0 saturated carbocycles. The molecule has 3 aromatic rings. The minimum atomic E-state index is -0.677. The van der Waals surface area contributed by atoms with Gasteiger partial charge >= 0.3 is 5.97 Å². The Morgan fingerprint density at radius 1 is 1.10 bits per heavy atom. The van der Waals surface area contributed by atoms with Crippen LogP contribution in [0.25, 0.3) is 5.69 Å². The van der Waals surface area contributed by atoms with Gasteiger partial charge in [-0.05, 0) is 62.7 Å². The third kappa shape index (κ3) is 4.69. The summed E-state index contributed by atoms with van der Waals surface area (Å²) in [6.07, 6.45) is 0. The second kappa shape index (κ2) is 8.56. The maximum absolute atomic E-state index is 12.2. The van der Waals surface area contributed by atoms with Gasteiger partial charge in [0.2, 0.25) is 0 Å². The molecule has 154 valence electrons. The largest absolute Gasteiger partial charge is 0.452 e. The van der Waals surface area contributed by atoms with Crippen molar-refractivity contribution in [2.45, 2.75) is 20.8 Å². The van der Waals surface area contributed by atoms with Crippen molar-refractivity contribution in [1.82, 2.24) is 9.78 Å². The minimum absolute atomic E-state index is 0.0425. The van der Waals surface area contributed by atoms with Crippen molar-refractivity contribution in [3.8, 4) is 5.69 Å². The van der Waals surface area contributed by atoms with Gasteiger partial charge in [0.05, 0.1) is 21.9 Å². The van der Waals surface area contributed by atoms with Crippen LogP contribution in [0.5, 0.6) is 0 Å². The molecule has 9 nitrogen and oxygen atoms in total. The van der Waals surface area contributed by atoms with E-state index < -0.39 is 23.4 Å². The number of carbonyl (C=O) groups is 2. The number of hydrogen-bond donors (Lipinski definition) is 1. The van der Waals surface area contributed by atoms with E-state index in [-0.39, 0.29) is 16.9 Å². The number of rotatable bonds is 6. The molecular formula is C21H20N4O5. The number of nitrogens with one attached hydrogen (secondary N) is 1. The first-order valence-corrected chi connectivity index (χ1v) is 9.10. The molecule has 1 amide bonds. The van der Waals surface area contributed by atoms with Crippen molar-refractivity contribution >= 4 is 23.3 Å². The lowest BCUT2D eigenvalue weighted by Gasteiger charge is -2.08. The zero-order chi connectivity index (χ0) is 21.8. The quantitative estimate of drug-likeness (QED) is 0.379. The van der Waals surface area contributed by atoms with E-state index in [2.05, 4.69) is 10.4 Å². The van der Waals surface area contributed by atoms with E-state index in [0.717, 1.165) is 17.1 Å². The molecular weight excluding hydrogens is 388 g/mol. The van der Waals surface area contributed by atoms with Gasteiger partial charge in [0.1, 0.15) is 5.69 Å². The highest BCUT2D eigenvalue weighted by Crippen LogP contribution is 2.25. The molecule has 0 radical (unpaired) electrons. The number of esters is 1. The zero-order valence-electron chi connectivity index (χ0n) is 16.7. The molecule has 1 aromatic heterocycles. The third-order valence-corrected chi connectivity index (χ3v) is 4.32. The number of anilines is 1. The van der Waals surface area contributed by atoms with Gasteiger partial charge in [-0.1, -0.05) is 6.07 Å². The van der Waals surface area contributed by atoms with Gasteiger partial charge in [-0.2, -0.15) is 5.10 Å². The summed E-state index contributed by atoms with van der Waals surface area (Å²) >= 11 is 0. The van der Waals surface area contributed by atoms with Crippen LogP contribution in [0, 0.1) is 30.9 Å². The van der Waals surface area contributed by atoms with Gasteiger partial charge in [-0.3, -0.25) is 14.9 Å². The zero-order valence-corrected chi connectivity index (χ0v) is 16.7. The first-order chi connectivity index (χ1) is 14.2. The van der Waals surface area contributed by atoms with E-state index in [0.29, 0.717) is 5.56 Å². The second-order valence-corrected chi connectivity index (χ2v) is 6.79. The maximum atomic E-state index is 12.2. The Morgan fingerprint density at radius 3 is 2.40 bits per heavy atom. The molecule has 30 heavy (non-hydrogen) atoms. The molecule has 0 fully saturated rings. The summed E-state index contributed by atoms with van der Waals surface area (Å²) < 4.78 is 6.77. The number of aryl methyl sites for hydroxylation is 3. The summed E-state index contributed by atoms with van der Waals surface area (Å²) in [7, 11) is 0. The molecule has 9 heteroatoms. The van der Waals surface area contributed by atoms with Crippen LogP contribution >= 0.6 is 0 Å². The maximum Gasteiger partial charge on any atom is 0.338 e. The number of aromatic nitrogens is 2. The highest BCUT2D eigenvalue weighted by atomic mass is 16.6. The van der Waals surface area contributed by atoms with Crippen molar-refractivity contribution in [2.75, 3.05) is 11.9 Å². The topological polar surface area (TPSA) is 116 Å². The lowest BCUT2D eigenvalue weighted by atomic mass is 10.2. The molecule has 0 aliphatic heterocycles. The molecule has 0 aliphatic rings. The van der Waals surface area contributed by atoms with Gasteiger partial charge in [0, 0.05) is 11.8 Å². The van der Waals surface area contributed by atoms with Crippen LogP contribution in [0.15, 0.2) is 48.5 Å². The van der Waals surface area contributed by atoms with E-state index in [1.165, 1.54) is 12.1 Å². The van der Waals surface area contributed by atoms with E-state index in [1.54, 1.807) is 41.9 Å². The number of carbonyl (C=O) groups excluding carboxylic acids is 2. The third-order valence-electron chi connectivity index (χ3n) is 4.32. The number of nitrogens with zero attached hydrogens (tertiary/aromatic N) is 3. The Balaban J connectivity index is 1.61. The average molecular weight is 408 g/mol. The van der Waals surface area contributed by atoms with Crippen LogP contribution in [0.3, 0.4) is 0 Å². The Morgan fingerprint density at radius 2 is 1.80 bits per heavy atom. The monoisotopic (exact) mass is 408 g/mol. The summed E-state index contributed by atoms with van der Waals surface area (Å²) in [4.78, 5) is 34.8. The van der Waals surface area contributed by atoms with Crippen LogP contribution in [0.2, 0.25) is 0 Å². The van der Waals surface area contributed by atoms with Gasteiger partial charge < -0.3 is 10.1 Å². The van der Waals surface area contributed by atoms with Crippen molar-refractivity contribution in [1.29, 1.82) is 0 Å². The van der Waals surface area contributed by atoms with E-state index in [1.807, 2.05) is 19.9 Å². The fourth-order valence-corrected chi connectivity index (χ4v) is 2.93. The van der Waals surface area contributed by atoms with Crippen LogP contribution in [0.4, 0.5) is 11.4 Å². The standard InChI is InChI=1S/C21H20N4O5/c1-13-4-9-18(19(10-13)25(28)29)22-20(26)12-30-21(27)16-5-7-17(8-6-16)24-15(3)11-14(2)23-24/h4-11H,12H2,1-3H3,(H,22,26). The number of nitro groups is 1. The van der Waals surface area contributed by atoms with Gasteiger partial charge in [0.15, 0.2) is 6.61 Å². The number of ether oxygens (including phenoxy) is 1. The van der Waals surface area contributed by atoms with Gasteiger partial charge in [-0.25, -0.2) is 9.48 Å². The molecule has 0 aliphatic carbocycles. The highest BCUT2D eigenvalue weighted by molar-refractivity contribution is 5.96. The minimum Gasteiger partial charge on any atom is -0.452 e.